The van der Waals surface area contributed by atoms with Gasteiger partial charge in [-0.05, 0) is 19.9 Å². The maximum atomic E-state index is 12.3. The van der Waals surface area contributed by atoms with E-state index in [0.29, 0.717) is 23.9 Å². The molecular weight excluding hydrogens is 244 g/mol. The molecule has 0 radical (unpaired) electrons. The Morgan fingerprint density at radius 1 is 1.47 bits per heavy atom. The Morgan fingerprint density at radius 2 is 2.16 bits per heavy atom. The van der Waals surface area contributed by atoms with Crippen molar-refractivity contribution in [2.24, 2.45) is 0 Å². The van der Waals surface area contributed by atoms with Gasteiger partial charge in [0.15, 0.2) is 0 Å². The lowest BCUT2D eigenvalue weighted by Gasteiger charge is -2.34. The fraction of sp³-hybridized carbons (Fsp3) is 0.643. The first-order valence-corrected chi connectivity index (χ1v) is 6.71. The Bertz CT molecular complexity index is 424. The largest absolute Gasteiger partial charge is 0.469 e. The SMILES string of the molecule is Cc1occc1C(=O)N(C)C[C@H](C)N1CCOCC1. The maximum absolute atomic E-state index is 12.3. The highest BCUT2D eigenvalue weighted by atomic mass is 16.5. The molecule has 0 spiro atoms. The molecule has 1 aliphatic heterocycles. The van der Waals surface area contributed by atoms with E-state index in [0.717, 1.165) is 26.3 Å². The van der Waals surface area contributed by atoms with Crippen LogP contribution in [-0.2, 0) is 4.74 Å². The molecule has 1 fully saturated rings. The van der Waals surface area contributed by atoms with Crippen LogP contribution in [0.1, 0.15) is 23.0 Å². The number of carbonyl (C=O) groups is 1. The topological polar surface area (TPSA) is 45.9 Å². The third kappa shape index (κ3) is 3.36. The van der Waals surface area contributed by atoms with Crippen LogP contribution in [0.25, 0.3) is 0 Å². The minimum Gasteiger partial charge on any atom is -0.469 e. The highest BCUT2D eigenvalue weighted by Crippen LogP contribution is 2.12. The number of carbonyl (C=O) groups excluding carboxylic acids is 1. The minimum absolute atomic E-state index is 0.0198. The van der Waals surface area contributed by atoms with Crippen molar-refractivity contribution in [2.45, 2.75) is 19.9 Å². The van der Waals surface area contributed by atoms with E-state index in [1.165, 1.54) is 0 Å². The molecule has 1 atom stereocenters. The fourth-order valence-electron chi connectivity index (χ4n) is 2.43. The summed E-state index contributed by atoms with van der Waals surface area (Å²) in [6.07, 6.45) is 1.56. The standard InChI is InChI=1S/C14H22N2O3/c1-11(16-5-8-18-9-6-16)10-15(3)14(17)13-4-7-19-12(13)2/h4,7,11H,5-6,8-10H2,1-3H3/t11-/m0/s1. The predicted octanol–water partition coefficient (Wildman–Crippen LogP) is 1.38. The average molecular weight is 266 g/mol. The van der Waals surface area contributed by atoms with Crippen molar-refractivity contribution >= 4 is 5.91 Å². The van der Waals surface area contributed by atoms with Crippen LogP contribution >= 0.6 is 0 Å². The molecule has 0 aliphatic carbocycles. The van der Waals surface area contributed by atoms with E-state index in [1.54, 1.807) is 17.2 Å². The summed E-state index contributed by atoms with van der Waals surface area (Å²) in [5.74, 6) is 0.697. The summed E-state index contributed by atoms with van der Waals surface area (Å²) in [6, 6.07) is 2.07. The first kappa shape index (κ1) is 14.1. The normalized spacial score (nSPS) is 18.3. The Balaban J connectivity index is 1.91. The lowest BCUT2D eigenvalue weighted by Crippen LogP contribution is -2.47. The van der Waals surface area contributed by atoms with Gasteiger partial charge in [0.25, 0.3) is 5.91 Å². The van der Waals surface area contributed by atoms with Gasteiger partial charge in [-0.25, -0.2) is 0 Å². The lowest BCUT2D eigenvalue weighted by molar-refractivity contribution is 0.0142. The van der Waals surface area contributed by atoms with E-state index >= 15 is 0 Å². The van der Waals surface area contributed by atoms with Gasteiger partial charge in [0.1, 0.15) is 5.76 Å². The number of ether oxygens (including phenoxy) is 1. The highest BCUT2D eigenvalue weighted by Gasteiger charge is 2.22. The second-order valence-electron chi connectivity index (χ2n) is 5.07. The number of rotatable bonds is 4. The second-order valence-corrected chi connectivity index (χ2v) is 5.07. The molecule has 5 nitrogen and oxygen atoms in total. The summed E-state index contributed by atoms with van der Waals surface area (Å²) in [5.41, 5.74) is 0.650. The van der Waals surface area contributed by atoms with Gasteiger partial charge in [0.2, 0.25) is 0 Å². The molecule has 1 saturated heterocycles. The van der Waals surface area contributed by atoms with E-state index in [-0.39, 0.29) is 5.91 Å². The Morgan fingerprint density at radius 3 is 2.74 bits per heavy atom. The van der Waals surface area contributed by atoms with Crippen LogP contribution in [0.15, 0.2) is 16.7 Å². The third-order valence-corrected chi connectivity index (χ3v) is 3.64. The van der Waals surface area contributed by atoms with Crippen LogP contribution in [0.2, 0.25) is 0 Å². The molecule has 1 aromatic rings. The van der Waals surface area contributed by atoms with Gasteiger partial charge in [-0.15, -0.1) is 0 Å². The van der Waals surface area contributed by atoms with Gasteiger partial charge < -0.3 is 14.1 Å². The summed E-state index contributed by atoms with van der Waals surface area (Å²) >= 11 is 0. The van der Waals surface area contributed by atoms with Crippen LogP contribution in [-0.4, -0.2) is 61.6 Å². The average Bonchev–Trinajstić information content (AvgIpc) is 2.85. The van der Waals surface area contributed by atoms with E-state index in [1.807, 2.05) is 14.0 Å². The smallest absolute Gasteiger partial charge is 0.257 e. The molecule has 106 valence electrons. The zero-order valence-corrected chi connectivity index (χ0v) is 11.9. The summed E-state index contributed by atoms with van der Waals surface area (Å²) in [6.45, 7) is 8.11. The number of furan rings is 1. The molecule has 1 amide bonds. The van der Waals surface area contributed by atoms with Crippen molar-refractivity contribution in [3.63, 3.8) is 0 Å². The van der Waals surface area contributed by atoms with E-state index < -0.39 is 0 Å². The molecule has 1 aliphatic rings. The summed E-state index contributed by atoms with van der Waals surface area (Å²) in [7, 11) is 1.84. The Kier molecular flexibility index (Phi) is 4.61. The van der Waals surface area contributed by atoms with Crippen molar-refractivity contribution < 1.29 is 13.9 Å². The molecule has 5 heteroatoms. The molecule has 0 unspecified atom stereocenters. The number of hydrogen-bond acceptors (Lipinski definition) is 4. The van der Waals surface area contributed by atoms with Crippen LogP contribution in [0.4, 0.5) is 0 Å². The molecule has 2 rings (SSSR count). The van der Waals surface area contributed by atoms with Gasteiger partial charge >= 0.3 is 0 Å². The van der Waals surface area contributed by atoms with Crippen LogP contribution in [0.5, 0.6) is 0 Å². The highest BCUT2D eigenvalue weighted by molar-refractivity contribution is 5.94. The molecule has 0 bridgehead atoms. The molecular formula is C14H22N2O3. The van der Waals surface area contributed by atoms with Crippen molar-refractivity contribution in [3.8, 4) is 0 Å². The van der Waals surface area contributed by atoms with Crippen LogP contribution in [0.3, 0.4) is 0 Å². The lowest BCUT2D eigenvalue weighted by atomic mass is 10.2. The number of morpholine rings is 1. The van der Waals surface area contributed by atoms with Gasteiger partial charge in [-0.2, -0.15) is 0 Å². The second kappa shape index (κ2) is 6.21. The van der Waals surface area contributed by atoms with Gasteiger partial charge in [0, 0.05) is 32.7 Å². The summed E-state index contributed by atoms with van der Waals surface area (Å²) in [4.78, 5) is 16.4. The predicted molar refractivity (Wildman–Crippen MR) is 72.3 cm³/mol. The molecule has 2 heterocycles. The first-order chi connectivity index (χ1) is 9.09. The fourth-order valence-corrected chi connectivity index (χ4v) is 2.43. The van der Waals surface area contributed by atoms with Gasteiger partial charge in [-0.1, -0.05) is 0 Å². The molecule has 0 aromatic carbocycles. The summed E-state index contributed by atoms with van der Waals surface area (Å²) < 4.78 is 10.5. The van der Waals surface area contributed by atoms with Crippen LogP contribution in [0, 0.1) is 6.92 Å². The molecule has 19 heavy (non-hydrogen) atoms. The van der Waals surface area contributed by atoms with Gasteiger partial charge in [0.05, 0.1) is 25.0 Å². The minimum atomic E-state index is 0.0198. The van der Waals surface area contributed by atoms with E-state index in [2.05, 4.69) is 11.8 Å². The van der Waals surface area contributed by atoms with Crippen molar-refractivity contribution in [2.75, 3.05) is 39.9 Å². The third-order valence-electron chi connectivity index (χ3n) is 3.64. The maximum Gasteiger partial charge on any atom is 0.257 e. The number of aryl methyl sites for hydroxylation is 1. The molecule has 0 N–H and O–H groups in total. The summed E-state index contributed by atoms with van der Waals surface area (Å²) in [5, 5.41) is 0. The van der Waals surface area contributed by atoms with E-state index in [9.17, 15) is 4.79 Å². The first-order valence-electron chi connectivity index (χ1n) is 6.71. The number of likely N-dealkylation sites (N-methyl/N-ethyl adjacent to an activating group) is 1. The number of amides is 1. The van der Waals surface area contributed by atoms with Crippen molar-refractivity contribution in [1.82, 2.24) is 9.80 Å². The number of hydrogen-bond donors (Lipinski definition) is 0. The van der Waals surface area contributed by atoms with Crippen molar-refractivity contribution in [3.05, 3.63) is 23.7 Å². The monoisotopic (exact) mass is 266 g/mol. The Hall–Kier alpha value is -1.33. The van der Waals surface area contributed by atoms with Crippen LogP contribution < -0.4 is 0 Å². The molecule has 0 saturated carbocycles. The zero-order chi connectivity index (χ0) is 13.8. The Labute approximate surface area is 114 Å². The number of nitrogens with zero attached hydrogens (tertiary/aromatic N) is 2. The van der Waals surface area contributed by atoms with E-state index in [4.69, 9.17) is 9.15 Å². The zero-order valence-electron chi connectivity index (χ0n) is 11.9. The van der Waals surface area contributed by atoms with Gasteiger partial charge in [-0.3, -0.25) is 9.69 Å². The van der Waals surface area contributed by atoms with Crippen molar-refractivity contribution in [1.29, 1.82) is 0 Å². The quantitative estimate of drug-likeness (QED) is 0.826. The molecule has 1 aromatic heterocycles.